The molecule has 4 aromatic rings. The van der Waals surface area contributed by atoms with Crippen LogP contribution in [0.15, 0.2) is 52.8 Å². The van der Waals surface area contributed by atoms with Gasteiger partial charge < -0.3 is 9.30 Å². The van der Waals surface area contributed by atoms with E-state index in [4.69, 9.17) is 4.74 Å². The number of thiophene rings is 1. The van der Waals surface area contributed by atoms with Gasteiger partial charge in [-0.05, 0) is 80.1 Å². The van der Waals surface area contributed by atoms with Crippen LogP contribution in [-0.2, 0) is 12.5 Å². The molecule has 0 bridgehead atoms. The van der Waals surface area contributed by atoms with E-state index >= 15 is 0 Å². The van der Waals surface area contributed by atoms with Gasteiger partial charge >= 0.3 is 0 Å². The number of pyridine rings is 1. The van der Waals surface area contributed by atoms with E-state index in [0.29, 0.717) is 28.0 Å². The van der Waals surface area contributed by atoms with Crippen LogP contribution in [0.25, 0.3) is 21.2 Å². The van der Waals surface area contributed by atoms with E-state index in [9.17, 15) is 14.4 Å². The molecule has 0 spiro atoms. The van der Waals surface area contributed by atoms with Gasteiger partial charge in [-0.2, -0.15) is 5.26 Å². The van der Waals surface area contributed by atoms with E-state index in [1.165, 1.54) is 23.5 Å². The fourth-order valence-electron chi connectivity index (χ4n) is 3.83. The maximum Gasteiger partial charge on any atom is 0.259 e. The Labute approximate surface area is 190 Å². The third-order valence-electron chi connectivity index (χ3n) is 5.69. The molecule has 2 aromatic heterocycles. The molecule has 0 unspecified atom stereocenters. The number of ether oxygens (including phenoxy) is 1. The summed E-state index contributed by atoms with van der Waals surface area (Å²) in [4.78, 5) is 12.6. The maximum atomic E-state index is 13.8. The van der Waals surface area contributed by atoms with Crippen LogP contribution < -0.4 is 10.3 Å². The highest BCUT2D eigenvalue weighted by Gasteiger charge is 2.24. The van der Waals surface area contributed by atoms with Crippen molar-refractivity contribution in [1.82, 2.24) is 4.57 Å². The largest absolute Gasteiger partial charge is 0.456 e. The van der Waals surface area contributed by atoms with Gasteiger partial charge in [-0.1, -0.05) is 6.07 Å². The zero-order valence-corrected chi connectivity index (χ0v) is 19.4. The van der Waals surface area contributed by atoms with Crippen molar-refractivity contribution >= 4 is 21.4 Å². The van der Waals surface area contributed by atoms with Crippen LogP contribution >= 0.6 is 11.3 Å². The molecule has 0 saturated carbocycles. The minimum Gasteiger partial charge on any atom is -0.456 e. The van der Waals surface area contributed by atoms with Gasteiger partial charge in [0.25, 0.3) is 5.56 Å². The topological polar surface area (TPSA) is 55.0 Å². The number of aryl methyl sites for hydroxylation is 3. The van der Waals surface area contributed by atoms with Crippen LogP contribution in [0.1, 0.15) is 30.5 Å². The minimum atomic E-state index is -0.704. The zero-order valence-electron chi connectivity index (χ0n) is 18.6. The first-order valence-electron chi connectivity index (χ1n) is 10.2. The van der Waals surface area contributed by atoms with Crippen molar-refractivity contribution in [3.63, 3.8) is 0 Å². The van der Waals surface area contributed by atoms with Crippen LogP contribution in [-0.4, -0.2) is 4.57 Å². The third-order valence-corrected chi connectivity index (χ3v) is 6.64. The zero-order chi connectivity index (χ0) is 23.2. The molecule has 0 aliphatic carbocycles. The maximum absolute atomic E-state index is 13.8. The average molecular weight is 447 g/mol. The number of fused-ring (bicyclic) bond motifs is 1. The molecule has 0 amide bonds. The number of halogens is 1. The summed E-state index contributed by atoms with van der Waals surface area (Å²) in [6, 6.07) is 12.7. The van der Waals surface area contributed by atoms with E-state index < -0.39 is 5.41 Å². The number of nitrogens with zero attached hydrogens (tertiary/aromatic N) is 2. The molecule has 2 aromatic carbocycles. The summed E-state index contributed by atoms with van der Waals surface area (Å²) in [5, 5.41) is 12.2. The summed E-state index contributed by atoms with van der Waals surface area (Å²) in [5.74, 6) is 0.859. The van der Waals surface area contributed by atoms with E-state index in [1.54, 1.807) is 17.8 Å². The summed E-state index contributed by atoms with van der Waals surface area (Å²) < 4.78 is 22.6. The smallest absolute Gasteiger partial charge is 0.259 e. The van der Waals surface area contributed by atoms with Crippen molar-refractivity contribution in [3.8, 4) is 28.7 Å². The van der Waals surface area contributed by atoms with Crippen LogP contribution in [0.5, 0.6) is 11.5 Å². The first-order valence-corrected chi connectivity index (χ1v) is 11.1. The lowest BCUT2D eigenvalue weighted by Gasteiger charge is -2.21. The van der Waals surface area contributed by atoms with Gasteiger partial charge in [0, 0.05) is 29.1 Å². The highest BCUT2D eigenvalue weighted by molar-refractivity contribution is 7.17. The number of aromatic nitrogens is 1. The minimum absolute atomic E-state index is 0.0637. The van der Waals surface area contributed by atoms with Crippen LogP contribution in [0.3, 0.4) is 0 Å². The van der Waals surface area contributed by atoms with Crippen LogP contribution in [0.2, 0.25) is 0 Å². The number of hydrogen-bond acceptors (Lipinski definition) is 4. The Morgan fingerprint density at radius 3 is 2.44 bits per heavy atom. The fourth-order valence-corrected chi connectivity index (χ4v) is 4.74. The summed E-state index contributed by atoms with van der Waals surface area (Å²) in [6.45, 7) is 7.34. The van der Waals surface area contributed by atoms with Gasteiger partial charge in [-0.25, -0.2) is 4.39 Å². The molecular weight excluding hydrogens is 423 g/mol. The Bertz CT molecular complexity index is 1430. The SMILES string of the molecule is Cc1cc(F)cc(C)c1Oc1ccc(C(C)(C)C#N)cc1-c1cn(C)c(=O)c2ccsc12. The standard InChI is InChI=1S/C26H23FN2O2S/c1-15-10-18(27)11-16(2)23(15)31-22-7-6-17(26(3,4)14-28)12-20(22)21-13-29(5)25(30)19-8-9-32-24(19)21/h6-13H,1-5H3. The molecule has 6 heteroatoms. The second-order valence-electron chi connectivity index (χ2n) is 8.54. The molecule has 32 heavy (non-hydrogen) atoms. The van der Waals surface area contributed by atoms with Crippen LogP contribution in [0.4, 0.5) is 4.39 Å². The monoisotopic (exact) mass is 446 g/mol. The number of rotatable bonds is 4. The molecule has 4 rings (SSSR count). The summed E-state index contributed by atoms with van der Waals surface area (Å²) in [7, 11) is 1.72. The fraction of sp³-hybridized carbons (Fsp3) is 0.231. The van der Waals surface area contributed by atoms with Crippen molar-refractivity contribution in [3.05, 3.63) is 80.8 Å². The molecule has 162 valence electrons. The number of nitriles is 1. The first-order chi connectivity index (χ1) is 15.1. The van der Waals surface area contributed by atoms with E-state index in [1.807, 2.05) is 57.3 Å². The molecule has 0 radical (unpaired) electrons. The molecule has 4 nitrogen and oxygen atoms in total. The molecule has 2 heterocycles. The Hall–Kier alpha value is -3.43. The van der Waals surface area contributed by atoms with Crippen molar-refractivity contribution in [2.45, 2.75) is 33.1 Å². The van der Waals surface area contributed by atoms with Crippen molar-refractivity contribution < 1.29 is 9.13 Å². The Morgan fingerprint density at radius 2 is 1.78 bits per heavy atom. The van der Waals surface area contributed by atoms with Gasteiger partial charge in [0.1, 0.15) is 17.3 Å². The quantitative estimate of drug-likeness (QED) is 0.354. The highest BCUT2D eigenvalue weighted by atomic mass is 32.1. The van der Waals surface area contributed by atoms with Gasteiger partial charge in [0.2, 0.25) is 0 Å². The predicted molar refractivity (Wildman–Crippen MR) is 127 cm³/mol. The summed E-state index contributed by atoms with van der Waals surface area (Å²) >= 11 is 1.49. The van der Waals surface area contributed by atoms with Gasteiger partial charge in [-0.3, -0.25) is 4.79 Å². The van der Waals surface area contributed by atoms with Gasteiger partial charge in [-0.15, -0.1) is 11.3 Å². The molecular formula is C26H23FN2O2S. The van der Waals surface area contributed by atoms with Gasteiger partial charge in [0.05, 0.1) is 16.9 Å². The van der Waals surface area contributed by atoms with E-state index in [2.05, 4.69) is 6.07 Å². The molecule has 0 aliphatic heterocycles. The number of benzene rings is 2. The van der Waals surface area contributed by atoms with E-state index in [0.717, 1.165) is 21.4 Å². The van der Waals surface area contributed by atoms with Crippen molar-refractivity contribution in [1.29, 1.82) is 5.26 Å². The predicted octanol–water partition coefficient (Wildman–Crippen LogP) is 6.62. The molecule has 0 fully saturated rings. The molecule has 0 N–H and O–H groups in total. The lowest BCUT2D eigenvalue weighted by Crippen LogP contribution is -2.16. The summed E-state index contributed by atoms with van der Waals surface area (Å²) in [5.41, 5.74) is 3.08. The highest BCUT2D eigenvalue weighted by Crippen LogP contribution is 2.41. The van der Waals surface area contributed by atoms with Crippen molar-refractivity contribution in [2.75, 3.05) is 0 Å². The second kappa shape index (κ2) is 7.92. The Morgan fingerprint density at radius 1 is 1.09 bits per heavy atom. The second-order valence-corrected chi connectivity index (χ2v) is 9.46. The molecule has 0 aliphatic rings. The molecule has 0 saturated heterocycles. The third kappa shape index (κ3) is 3.69. The van der Waals surface area contributed by atoms with Crippen LogP contribution in [0, 0.1) is 31.0 Å². The Balaban J connectivity index is 2.00. The van der Waals surface area contributed by atoms with Crippen molar-refractivity contribution in [2.24, 2.45) is 7.05 Å². The normalized spacial score (nSPS) is 11.5. The molecule has 0 atom stereocenters. The lowest BCUT2D eigenvalue weighted by atomic mass is 9.84. The average Bonchev–Trinajstić information content (AvgIpc) is 3.23. The Kier molecular flexibility index (Phi) is 5.39. The lowest BCUT2D eigenvalue weighted by molar-refractivity contribution is 0.473. The number of hydrogen-bond donors (Lipinski definition) is 0. The first kappa shape index (κ1) is 21.8. The van der Waals surface area contributed by atoms with Gasteiger partial charge in [0.15, 0.2) is 0 Å². The van der Waals surface area contributed by atoms with E-state index in [-0.39, 0.29) is 11.4 Å². The summed E-state index contributed by atoms with van der Waals surface area (Å²) in [6.07, 6.45) is 1.80.